The standard InChI is InChI=1S/C15H10BrF2N3O3S/c16-9-3-8(7-19)4-11(5-9)25(23,24)21-15(22)14(20)12-2-1-10(17)6-13(12)18/h1-6,14H,20H2,(H,21,22). The highest BCUT2D eigenvalue weighted by molar-refractivity contribution is 9.10. The van der Waals surface area contributed by atoms with E-state index in [0.717, 1.165) is 18.2 Å². The van der Waals surface area contributed by atoms with Crippen LogP contribution < -0.4 is 10.5 Å². The molecule has 0 spiro atoms. The molecule has 0 saturated carbocycles. The predicted molar refractivity (Wildman–Crippen MR) is 87.5 cm³/mol. The molecule has 2 rings (SSSR count). The quantitative estimate of drug-likeness (QED) is 0.772. The third-order valence-corrected chi connectivity index (χ3v) is 4.91. The molecule has 6 nitrogen and oxygen atoms in total. The summed E-state index contributed by atoms with van der Waals surface area (Å²) in [6.45, 7) is 0. The molecule has 0 aliphatic rings. The van der Waals surface area contributed by atoms with Crippen LogP contribution in [-0.2, 0) is 14.8 Å². The SMILES string of the molecule is N#Cc1cc(Br)cc(S(=O)(=O)NC(=O)C(N)c2ccc(F)cc2F)c1. The number of hydrogen-bond donors (Lipinski definition) is 2. The lowest BCUT2D eigenvalue weighted by molar-refractivity contribution is -0.120. The molecule has 0 heterocycles. The Bertz CT molecular complexity index is 990. The molecule has 0 saturated heterocycles. The van der Waals surface area contributed by atoms with Crippen LogP contribution in [-0.4, -0.2) is 14.3 Å². The van der Waals surface area contributed by atoms with Gasteiger partial charge < -0.3 is 5.73 Å². The van der Waals surface area contributed by atoms with Crippen molar-refractivity contribution >= 4 is 31.9 Å². The molecule has 1 atom stereocenters. The summed E-state index contributed by atoms with van der Waals surface area (Å²) in [6, 6.07) is 6.12. The molecule has 2 aromatic rings. The Balaban J connectivity index is 2.30. The van der Waals surface area contributed by atoms with Crippen molar-refractivity contribution in [2.24, 2.45) is 5.73 Å². The molecule has 130 valence electrons. The largest absolute Gasteiger partial charge is 0.316 e. The second-order valence-electron chi connectivity index (χ2n) is 4.90. The molecule has 10 heteroatoms. The van der Waals surface area contributed by atoms with Gasteiger partial charge in [0.2, 0.25) is 0 Å². The van der Waals surface area contributed by atoms with E-state index < -0.39 is 33.6 Å². The van der Waals surface area contributed by atoms with Crippen LogP contribution in [0.2, 0.25) is 0 Å². The van der Waals surface area contributed by atoms with E-state index in [9.17, 15) is 22.0 Å². The van der Waals surface area contributed by atoms with Crippen LogP contribution in [0.4, 0.5) is 8.78 Å². The van der Waals surface area contributed by atoms with Crippen molar-refractivity contribution in [1.82, 2.24) is 4.72 Å². The molecule has 2 aromatic carbocycles. The van der Waals surface area contributed by atoms with E-state index in [4.69, 9.17) is 11.0 Å². The summed E-state index contributed by atoms with van der Waals surface area (Å²) in [4.78, 5) is 11.7. The van der Waals surface area contributed by atoms with E-state index in [1.54, 1.807) is 10.8 Å². The monoisotopic (exact) mass is 429 g/mol. The number of nitrogens with zero attached hydrogens (tertiary/aromatic N) is 1. The van der Waals surface area contributed by atoms with E-state index >= 15 is 0 Å². The fourth-order valence-corrected chi connectivity index (χ4v) is 3.65. The molecule has 25 heavy (non-hydrogen) atoms. The second kappa shape index (κ2) is 7.26. The van der Waals surface area contributed by atoms with Gasteiger partial charge in [-0.05, 0) is 24.3 Å². The van der Waals surface area contributed by atoms with Crippen molar-refractivity contribution < 1.29 is 22.0 Å². The third kappa shape index (κ3) is 4.39. The zero-order chi connectivity index (χ0) is 18.8. The number of amides is 1. The molecule has 1 unspecified atom stereocenters. The van der Waals surface area contributed by atoms with Gasteiger partial charge in [0, 0.05) is 16.1 Å². The summed E-state index contributed by atoms with van der Waals surface area (Å²) in [5.41, 5.74) is 5.25. The van der Waals surface area contributed by atoms with Gasteiger partial charge in [-0.1, -0.05) is 22.0 Å². The highest BCUT2D eigenvalue weighted by atomic mass is 79.9. The van der Waals surface area contributed by atoms with Crippen LogP contribution >= 0.6 is 15.9 Å². The Morgan fingerprint density at radius 2 is 1.92 bits per heavy atom. The second-order valence-corrected chi connectivity index (χ2v) is 7.50. The van der Waals surface area contributed by atoms with Gasteiger partial charge in [0.1, 0.15) is 17.7 Å². The number of hydrogen-bond acceptors (Lipinski definition) is 5. The lowest BCUT2D eigenvalue weighted by Gasteiger charge is -2.14. The predicted octanol–water partition coefficient (Wildman–Crippen LogP) is 2.10. The maximum atomic E-state index is 13.7. The first-order chi connectivity index (χ1) is 11.6. The summed E-state index contributed by atoms with van der Waals surface area (Å²) in [5.74, 6) is -3.14. The first-order valence-corrected chi connectivity index (χ1v) is 8.89. The fraction of sp³-hybridized carbons (Fsp3) is 0.0667. The van der Waals surface area contributed by atoms with E-state index in [1.807, 2.05) is 0 Å². The highest BCUT2D eigenvalue weighted by Gasteiger charge is 2.25. The number of carbonyl (C=O) groups is 1. The molecule has 0 aliphatic carbocycles. The molecule has 0 aromatic heterocycles. The molecule has 1 amide bonds. The number of nitriles is 1. The molecular formula is C15H10BrF2N3O3S. The fourth-order valence-electron chi connectivity index (χ4n) is 1.93. The number of nitrogens with two attached hydrogens (primary N) is 1. The molecule has 0 radical (unpaired) electrons. The Morgan fingerprint density at radius 1 is 1.24 bits per heavy atom. The minimum atomic E-state index is -4.35. The highest BCUT2D eigenvalue weighted by Crippen LogP contribution is 2.21. The average Bonchev–Trinajstić information content (AvgIpc) is 2.53. The van der Waals surface area contributed by atoms with Crippen molar-refractivity contribution in [3.8, 4) is 6.07 Å². The molecular weight excluding hydrogens is 420 g/mol. The first kappa shape index (κ1) is 19.0. The van der Waals surface area contributed by atoms with Gasteiger partial charge in [0.05, 0.1) is 16.5 Å². The van der Waals surface area contributed by atoms with Crippen molar-refractivity contribution in [1.29, 1.82) is 5.26 Å². The minimum absolute atomic E-state index is 0.0519. The van der Waals surface area contributed by atoms with Crippen LogP contribution in [0.1, 0.15) is 17.2 Å². The average molecular weight is 430 g/mol. The topological polar surface area (TPSA) is 113 Å². The molecule has 0 aliphatic heterocycles. The van der Waals surface area contributed by atoms with E-state index in [1.165, 1.54) is 12.1 Å². The van der Waals surface area contributed by atoms with Crippen LogP contribution in [0.3, 0.4) is 0 Å². The number of sulfonamides is 1. The van der Waals surface area contributed by atoms with Crippen LogP contribution in [0, 0.1) is 23.0 Å². The summed E-state index contributed by atoms with van der Waals surface area (Å²) in [7, 11) is -4.35. The first-order valence-electron chi connectivity index (χ1n) is 6.62. The summed E-state index contributed by atoms with van der Waals surface area (Å²) in [5, 5.41) is 8.88. The smallest absolute Gasteiger partial charge is 0.264 e. The minimum Gasteiger partial charge on any atom is -0.316 e. The van der Waals surface area contributed by atoms with Crippen molar-refractivity contribution in [3.05, 3.63) is 63.6 Å². The van der Waals surface area contributed by atoms with Gasteiger partial charge >= 0.3 is 0 Å². The zero-order valence-corrected chi connectivity index (χ0v) is 14.7. The molecule has 3 N–H and O–H groups in total. The maximum Gasteiger partial charge on any atom is 0.264 e. The Hall–Kier alpha value is -2.35. The maximum absolute atomic E-state index is 13.7. The van der Waals surface area contributed by atoms with Gasteiger partial charge in [-0.2, -0.15) is 5.26 Å². The number of halogens is 3. The Morgan fingerprint density at radius 3 is 2.52 bits per heavy atom. The number of rotatable bonds is 4. The number of benzene rings is 2. The van der Waals surface area contributed by atoms with E-state index in [0.29, 0.717) is 10.5 Å². The van der Waals surface area contributed by atoms with Crippen LogP contribution in [0.25, 0.3) is 0 Å². The van der Waals surface area contributed by atoms with Crippen LogP contribution in [0.5, 0.6) is 0 Å². The van der Waals surface area contributed by atoms with Crippen LogP contribution in [0.15, 0.2) is 45.8 Å². The van der Waals surface area contributed by atoms with Gasteiger partial charge in [0.15, 0.2) is 0 Å². The Labute approximate surface area is 150 Å². The van der Waals surface area contributed by atoms with Crippen molar-refractivity contribution in [2.75, 3.05) is 0 Å². The van der Waals surface area contributed by atoms with Gasteiger partial charge in [-0.25, -0.2) is 21.9 Å². The van der Waals surface area contributed by atoms with Gasteiger partial charge in [0.25, 0.3) is 15.9 Å². The van der Waals surface area contributed by atoms with E-state index in [-0.39, 0.29) is 16.0 Å². The zero-order valence-electron chi connectivity index (χ0n) is 12.3. The van der Waals surface area contributed by atoms with Crippen molar-refractivity contribution in [3.63, 3.8) is 0 Å². The summed E-state index contributed by atoms with van der Waals surface area (Å²) >= 11 is 3.06. The lowest BCUT2D eigenvalue weighted by Crippen LogP contribution is -2.38. The molecule has 0 fully saturated rings. The van der Waals surface area contributed by atoms with Crippen molar-refractivity contribution in [2.45, 2.75) is 10.9 Å². The normalized spacial score (nSPS) is 12.3. The number of carbonyl (C=O) groups excluding carboxylic acids is 1. The number of nitrogens with one attached hydrogen (secondary N) is 1. The third-order valence-electron chi connectivity index (χ3n) is 3.13. The summed E-state index contributed by atoms with van der Waals surface area (Å²) in [6.07, 6.45) is 0. The summed E-state index contributed by atoms with van der Waals surface area (Å²) < 4.78 is 53.1. The molecule has 0 bridgehead atoms. The Kier molecular flexibility index (Phi) is 5.52. The van der Waals surface area contributed by atoms with Gasteiger partial charge in [-0.3, -0.25) is 4.79 Å². The van der Waals surface area contributed by atoms with Gasteiger partial charge in [-0.15, -0.1) is 0 Å². The van der Waals surface area contributed by atoms with E-state index in [2.05, 4.69) is 15.9 Å². The lowest BCUT2D eigenvalue weighted by atomic mass is 10.1.